The minimum Gasteiger partial charge on any atom is -0.493 e. The fourth-order valence-electron chi connectivity index (χ4n) is 1.50. The van der Waals surface area contributed by atoms with Gasteiger partial charge >= 0.3 is 5.51 Å². The monoisotopic (exact) mass is 309 g/mol. The Balaban J connectivity index is 3.32. The number of hydrogen-bond donors (Lipinski definition) is 1. The lowest BCUT2D eigenvalue weighted by atomic mass is 10.2. The molecule has 8 heteroatoms. The van der Waals surface area contributed by atoms with Crippen LogP contribution in [0.1, 0.15) is 17.3 Å². The van der Waals surface area contributed by atoms with E-state index in [9.17, 15) is 18.0 Å². The number of carbonyl (C=O) groups excluding carboxylic acids is 1. The van der Waals surface area contributed by atoms with Gasteiger partial charge in [-0.25, -0.2) is 0 Å². The first-order valence-electron chi connectivity index (χ1n) is 5.62. The highest BCUT2D eigenvalue weighted by atomic mass is 32.2. The quantitative estimate of drug-likeness (QED) is 0.849. The summed E-state index contributed by atoms with van der Waals surface area (Å²) in [5.74, 6) is -0.271. The summed E-state index contributed by atoms with van der Waals surface area (Å²) >= 11 is -0.366. The molecular formula is C12H14F3NO3S. The molecule has 0 saturated heterocycles. The van der Waals surface area contributed by atoms with E-state index in [4.69, 9.17) is 9.47 Å². The third kappa shape index (κ3) is 4.22. The molecule has 4 nitrogen and oxygen atoms in total. The van der Waals surface area contributed by atoms with Crippen molar-refractivity contribution < 1.29 is 27.4 Å². The van der Waals surface area contributed by atoms with E-state index in [2.05, 4.69) is 5.32 Å². The van der Waals surface area contributed by atoms with Crippen molar-refractivity contribution in [3.63, 3.8) is 0 Å². The normalized spacial score (nSPS) is 11.1. The topological polar surface area (TPSA) is 47.6 Å². The lowest BCUT2D eigenvalue weighted by Gasteiger charge is -2.15. The van der Waals surface area contributed by atoms with Gasteiger partial charge in [-0.15, -0.1) is 0 Å². The first-order chi connectivity index (χ1) is 9.32. The predicted molar refractivity (Wildman–Crippen MR) is 69.5 cm³/mol. The molecule has 0 radical (unpaired) electrons. The van der Waals surface area contributed by atoms with Crippen LogP contribution in [0.15, 0.2) is 17.0 Å². The van der Waals surface area contributed by atoms with Crippen molar-refractivity contribution in [1.82, 2.24) is 5.32 Å². The molecule has 0 aliphatic carbocycles. The zero-order valence-electron chi connectivity index (χ0n) is 11.1. The van der Waals surface area contributed by atoms with Crippen LogP contribution in [0.4, 0.5) is 13.2 Å². The molecule has 1 aromatic rings. The van der Waals surface area contributed by atoms with Crippen LogP contribution in [0, 0.1) is 0 Å². The lowest BCUT2D eigenvalue weighted by molar-refractivity contribution is -0.0328. The summed E-state index contributed by atoms with van der Waals surface area (Å²) in [5.41, 5.74) is -4.60. The summed E-state index contributed by atoms with van der Waals surface area (Å²) in [5, 5.41) is 2.46. The van der Waals surface area contributed by atoms with Gasteiger partial charge in [-0.05, 0) is 30.8 Å². The Morgan fingerprint density at radius 2 is 1.80 bits per heavy atom. The number of carbonyl (C=O) groups is 1. The summed E-state index contributed by atoms with van der Waals surface area (Å²) < 4.78 is 47.6. The number of benzene rings is 1. The Bertz CT molecular complexity index is 492. The molecule has 0 saturated carbocycles. The van der Waals surface area contributed by atoms with Gasteiger partial charge in [0, 0.05) is 11.4 Å². The average molecular weight is 309 g/mol. The van der Waals surface area contributed by atoms with Gasteiger partial charge in [0.1, 0.15) is 0 Å². The van der Waals surface area contributed by atoms with Gasteiger partial charge in [-0.3, -0.25) is 4.79 Å². The van der Waals surface area contributed by atoms with Crippen molar-refractivity contribution in [2.24, 2.45) is 0 Å². The van der Waals surface area contributed by atoms with Crippen molar-refractivity contribution >= 4 is 17.7 Å². The third-order valence-electron chi connectivity index (χ3n) is 2.29. The van der Waals surface area contributed by atoms with Crippen molar-refractivity contribution in [3.8, 4) is 11.5 Å². The lowest BCUT2D eigenvalue weighted by Crippen LogP contribution is -2.23. The van der Waals surface area contributed by atoms with Crippen LogP contribution in [0.3, 0.4) is 0 Å². The minimum absolute atomic E-state index is 0.105. The smallest absolute Gasteiger partial charge is 0.446 e. The Hall–Kier alpha value is -1.57. The summed E-state index contributed by atoms with van der Waals surface area (Å²) in [4.78, 5) is 11.6. The number of methoxy groups -OCH3 is 2. The van der Waals surface area contributed by atoms with Crippen LogP contribution >= 0.6 is 11.8 Å². The number of nitrogens with one attached hydrogen (secondary N) is 1. The second-order valence-electron chi connectivity index (χ2n) is 3.61. The Morgan fingerprint density at radius 1 is 1.25 bits per heavy atom. The van der Waals surface area contributed by atoms with Gasteiger partial charge in [0.2, 0.25) is 0 Å². The Morgan fingerprint density at radius 3 is 2.25 bits per heavy atom. The first kappa shape index (κ1) is 16.5. The van der Waals surface area contributed by atoms with Crippen LogP contribution in [0.25, 0.3) is 0 Å². The predicted octanol–water partition coefficient (Wildman–Crippen LogP) is 3.07. The van der Waals surface area contributed by atoms with Crippen LogP contribution in [-0.4, -0.2) is 32.2 Å². The van der Waals surface area contributed by atoms with E-state index in [1.807, 2.05) is 0 Å². The summed E-state index contributed by atoms with van der Waals surface area (Å²) in [6.07, 6.45) is 0. The van der Waals surface area contributed by atoms with E-state index >= 15 is 0 Å². The van der Waals surface area contributed by atoms with Crippen LogP contribution in [0.5, 0.6) is 11.5 Å². The molecule has 1 aromatic carbocycles. The second-order valence-corrected chi connectivity index (χ2v) is 4.72. The van der Waals surface area contributed by atoms with E-state index in [0.717, 1.165) is 6.07 Å². The van der Waals surface area contributed by atoms with E-state index in [1.165, 1.54) is 20.3 Å². The number of alkyl halides is 3. The molecule has 0 fully saturated rings. The standard InChI is InChI=1S/C12H14F3NO3S/c1-4-16-11(17)7-5-8(18-2)9(19-3)6-10(7)20-12(13,14)15/h5-6H,4H2,1-3H3,(H,16,17). The van der Waals surface area contributed by atoms with Crippen molar-refractivity contribution in [2.45, 2.75) is 17.3 Å². The average Bonchev–Trinajstić information content (AvgIpc) is 2.36. The molecule has 1 rings (SSSR count). The van der Waals surface area contributed by atoms with Crippen molar-refractivity contribution in [2.75, 3.05) is 20.8 Å². The van der Waals surface area contributed by atoms with Gasteiger partial charge in [0.05, 0.1) is 19.8 Å². The molecule has 0 bridgehead atoms. The molecule has 20 heavy (non-hydrogen) atoms. The molecule has 0 unspecified atom stereocenters. The van der Waals surface area contributed by atoms with Crippen molar-refractivity contribution in [3.05, 3.63) is 17.7 Å². The highest BCUT2D eigenvalue weighted by Gasteiger charge is 2.32. The molecular weight excluding hydrogens is 295 g/mol. The number of halogens is 3. The van der Waals surface area contributed by atoms with E-state index in [-0.39, 0.29) is 33.7 Å². The fourth-order valence-corrected chi connectivity index (χ4v) is 2.18. The molecule has 0 aliphatic heterocycles. The number of ether oxygens (including phenoxy) is 2. The number of thioether (sulfide) groups is 1. The number of hydrogen-bond acceptors (Lipinski definition) is 4. The molecule has 1 amide bonds. The van der Waals surface area contributed by atoms with Gasteiger partial charge in [0.25, 0.3) is 5.91 Å². The Kier molecular flexibility index (Phi) is 5.55. The first-order valence-corrected chi connectivity index (χ1v) is 6.44. The van der Waals surface area contributed by atoms with E-state index in [0.29, 0.717) is 6.54 Å². The van der Waals surface area contributed by atoms with Crippen molar-refractivity contribution in [1.29, 1.82) is 0 Å². The zero-order chi connectivity index (χ0) is 15.3. The summed E-state index contributed by atoms with van der Waals surface area (Å²) in [6.45, 7) is 1.98. The molecule has 0 heterocycles. The van der Waals surface area contributed by atoms with Crippen LogP contribution < -0.4 is 14.8 Å². The highest BCUT2D eigenvalue weighted by molar-refractivity contribution is 8.00. The highest BCUT2D eigenvalue weighted by Crippen LogP contribution is 2.42. The molecule has 0 atom stereocenters. The summed E-state index contributed by atoms with van der Waals surface area (Å²) in [6, 6.07) is 2.37. The maximum atomic E-state index is 12.5. The SMILES string of the molecule is CCNC(=O)c1cc(OC)c(OC)cc1SC(F)(F)F. The largest absolute Gasteiger partial charge is 0.493 e. The number of rotatable bonds is 5. The molecule has 0 aromatic heterocycles. The van der Waals surface area contributed by atoms with Crippen LogP contribution in [-0.2, 0) is 0 Å². The maximum Gasteiger partial charge on any atom is 0.446 e. The molecule has 1 N–H and O–H groups in total. The van der Waals surface area contributed by atoms with Gasteiger partial charge in [0.15, 0.2) is 11.5 Å². The number of amides is 1. The second kappa shape index (κ2) is 6.74. The maximum absolute atomic E-state index is 12.5. The van der Waals surface area contributed by atoms with Gasteiger partial charge in [-0.1, -0.05) is 0 Å². The molecule has 112 valence electrons. The van der Waals surface area contributed by atoms with Gasteiger partial charge < -0.3 is 14.8 Å². The van der Waals surface area contributed by atoms with E-state index in [1.54, 1.807) is 6.92 Å². The van der Waals surface area contributed by atoms with Crippen LogP contribution in [0.2, 0.25) is 0 Å². The van der Waals surface area contributed by atoms with E-state index < -0.39 is 11.4 Å². The minimum atomic E-state index is -4.50. The Labute approximate surface area is 118 Å². The molecule has 0 spiro atoms. The summed E-state index contributed by atoms with van der Waals surface area (Å²) in [7, 11) is 2.65. The third-order valence-corrected chi connectivity index (χ3v) is 3.08. The fraction of sp³-hybridized carbons (Fsp3) is 0.417. The van der Waals surface area contributed by atoms with Gasteiger partial charge in [-0.2, -0.15) is 13.2 Å². The zero-order valence-corrected chi connectivity index (χ0v) is 11.9. The molecule has 0 aliphatic rings.